The maximum atomic E-state index is 11.5. The molecule has 3 nitrogen and oxygen atoms in total. The van der Waals surface area contributed by atoms with Crippen molar-refractivity contribution in [1.82, 2.24) is 9.88 Å². The van der Waals surface area contributed by atoms with Gasteiger partial charge in [-0.25, -0.2) is 4.98 Å². The van der Waals surface area contributed by atoms with E-state index in [0.717, 1.165) is 16.8 Å². The molecule has 0 unspecified atom stereocenters. The van der Waals surface area contributed by atoms with Crippen LogP contribution in [-0.2, 0) is 5.41 Å². The fourth-order valence-electron chi connectivity index (χ4n) is 1.11. The van der Waals surface area contributed by atoms with Gasteiger partial charge < -0.3 is 4.90 Å². The lowest BCUT2D eigenvalue weighted by atomic mass is 9.88. The zero-order chi connectivity index (χ0) is 12.3. The van der Waals surface area contributed by atoms with Crippen LogP contribution in [0.4, 0.5) is 4.79 Å². The molecule has 88 valence electrons. The summed E-state index contributed by atoms with van der Waals surface area (Å²) in [6, 6.07) is 3.97. The van der Waals surface area contributed by atoms with Crippen molar-refractivity contribution in [3.63, 3.8) is 0 Å². The van der Waals surface area contributed by atoms with Crippen molar-refractivity contribution < 1.29 is 4.79 Å². The van der Waals surface area contributed by atoms with E-state index in [2.05, 4.69) is 25.8 Å². The molecule has 1 amide bonds. The Bertz CT molecular complexity index is 383. The Labute approximate surface area is 101 Å². The van der Waals surface area contributed by atoms with Crippen LogP contribution in [0, 0.1) is 0 Å². The van der Waals surface area contributed by atoms with E-state index < -0.39 is 0 Å². The minimum Gasteiger partial charge on any atom is -0.339 e. The molecular formula is C12H18N2OS. The van der Waals surface area contributed by atoms with Gasteiger partial charge >= 0.3 is 0 Å². The Morgan fingerprint density at radius 3 is 2.50 bits per heavy atom. The molecule has 0 aromatic carbocycles. The molecule has 0 saturated heterocycles. The second kappa shape index (κ2) is 4.87. The predicted molar refractivity (Wildman–Crippen MR) is 67.9 cm³/mol. The predicted octanol–water partition coefficient (Wildman–Crippen LogP) is 3.15. The minimum absolute atomic E-state index is 0.00133. The average molecular weight is 238 g/mol. The third-order valence-electron chi connectivity index (χ3n) is 2.16. The van der Waals surface area contributed by atoms with Gasteiger partial charge in [0.1, 0.15) is 5.03 Å². The van der Waals surface area contributed by atoms with E-state index in [9.17, 15) is 4.79 Å². The van der Waals surface area contributed by atoms with E-state index in [-0.39, 0.29) is 10.7 Å². The Morgan fingerprint density at radius 2 is 2.00 bits per heavy atom. The van der Waals surface area contributed by atoms with E-state index in [1.54, 1.807) is 25.2 Å². The van der Waals surface area contributed by atoms with Crippen LogP contribution in [0.15, 0.2) is 23.4 Å². The van der Waals surface area contributed by atoms with Crippen LogP contribution < -0.4 is 0 Å². The van der Waals surface area contributed by atoms with Crippen molar-refractivity contribution >= 4 is 17.0 Å². The fraction of sp³-hybridized carbons (Fsp3) is 0.500. The molecule has 0 spiro atoms. The fourth-order valence-corrected chi connectivity index (χ4v) is 1.77. The lowest BCUT2D eigenvalue weighted by Gasteiger charge is -2.19. The number of aromatic nitrogens is 1. The summed E-state index contributed by atoms with van der Waals surface area (Å²) < 4.78 is 0. The molecule has 16 heavy (non-hydrogen) atoms. The average Bonchev–Trinajstić information content (AvgIpc) is 2.16. The van der Waals surface area contributed by atoms with Crippen LogP contribution >= 0.6 is 11.8 Å². The van der Waals surface area contributed by atoms with Gasteiger partial charge in [-0.1, -0.05) is 20.8 Å². The highest BCUT2D eigenvalue weighted by atomic mass is 32.2. The van der Waals surface area contributed by atoms with Gasteiger partial charge in [0.15, 0.2) is 0 Å². The molecule has 0 fully saturated rings. The molecule has 1 aromatic rings. The molecule has 0 aliphatic carbocycles. The van der Waals surface area contributed by atoms with Gasteiger partial charge in [-0.15, -0.1) is 0 Å². The SMILES string of the molecule is CN(C)C(=O)Sc1cc(C(C)(C)C)ccn1. The number of carbonyl (C=O) groups excluding carboxylic acids is 1. The number of hydrogen-bond donors (Lipinski definition) is 0. The normalized spacial score (nSPS) is 11.3. The maximum absolute atomic E-state index is 11.5. The second-order valence-electron chi connectivity index (χ2n) is 4.90. The van der Waals surface area contributed by atoms with E-state index in [0.29, 0.717) is 0 Å². The van der Waals surface area contributed by atoms with Gasteiger partial charge in [-0.05, 0) is 34.9 Å². The number of carbonyl (C=O) groups is 1. The number of amides is 1. The van der Waals surface area contributed by atoms with Crippen LogP contribution in [0.3, 0.4) is 0 Å². The summed E-state index contributed by atoms with van der Waals surface area (Å²) in [7, 11) is 3.48. The lowest BCUT2D eigenvalue weighted by molar-refractivity contribution is 0.241. The van der Waals surface area contributed by atoms with E-state index in [1.165, 1.54) is 5.56 Å². The Kier molecular flexibility index (Phi) is 3.97. The van der Waals surface area contributed by atoms with Crippen LogP contribution in [0.5, 0.6) is 0 Å². The van der Waals surface area contributed by atoms with Crippen LogP contribution in [0.25, 0.3) is 0 Å². The van der Waals surface area contributed by atoms with Gasteiger partial charge in [0.05, 0.1) is 0 Å². The van der Waals surface area contributed by atoms with Gasteiger partial charge in [-0.3, -0.25) is 4.79 Å². The summed E-state index contributed by atoms with van der Waals surface area (Å²) >= 11 is 1.16. The standard InChI is InChI=1S/C12H18N2OS/c1-12(2,3)9-6-7-13-10(8-9)16-11(15)14(4)5/h6-8H,1-5H3. The van der Waals surface area contributed by atoms with Crippen molar-refractivity contribution in [2.24, 2.45) is 0 Å². The Balaban J connectivity index is 2.88. The third kappa shape index (κ3) is 3.52. The van der Waals surface area contributed by atoms with Crippen molar-refractivity contribution in [2.45, 2.75) is 31.2 Å². The molecular weight excluding hydrogens is 220 g/mol. The second-order valence-corrected chi connectivity index (χ2v) is 5.87. The van der Waals surface area contributed by atoms with E-state index in [1.807, 2.05) is 12.1 Å². The van der Waals surface area contributed by atoms with Gasteiger partial charge in [0, 0.05) is 20.3 Å². The van der Waals surface area contributed by atoms with Crippen LogP contribution in [0.1, 0.15) is 26.3 Å². The van der Waals surface area contributed by atoms with Gasteiger partial charge in [-0.2, -0.15) is 0 Å². The minimum atomic E-state index is -0.00133. The van der Waals surface area contributed by atoms with Gasteiger partial charge in [0.25, 0.3) is 5.24 Å². The summed E-state index contributed by atoms with van der Waals surface area (Å²) in [4.78, 5) is 17.3. The van der Waals surface area contributed by atoms with Crippen LogP contribution in [-0.4, -0.2) is 29.2 Å². The maximum Gasteiger partial charge on any atom is 0.287 e. The smallest absolute Gasteiger partial charge is 0.287 e. The first-order valence-electron chi connectivity index (χ1n) is 5.16. The van der Waals surface area contributed by atoms with Gasteiger partial charge in [0.2, 0.25) is 0 Å². The summed E-state index contributed by atoms with van der Waals surface area (Å²) in [5, 5.41) is 0.754. The first-order chi connectivity index (χ1) is 7.30. The molecule has 1 aromatic heterocycles. The molecule has 0 aliphatic rings. The first-order valence-corrected chi connectivity index (χ1v) is 5.98. The summed E-state index contributed by atoms with van der Waals surface area (Å²) in [6.45, 7) is 6.43. The zero-order valence-electron chi connectivity index (χ0n) is 10.4. The third-order valence-corrected chi connectivity index (χ3v) is 3.13. The molecule has 0 aliphatic heterocycles. The topological polar surface area (TPSA) is 33.2 Å². The molecule has 0 N–H and O–H groups in total. The molecule has 0 radical (unpaired) electrons. The van der Waals surface area contributed by atoms with Crippen LogP contribution in [0.2, 0.25) is 0 Å². The summed E-state index contributed by atoms with van der Waals surface area (Å²) in [6.07, 6.45) is 1.76. The molecule has 4 heteroatoms. The van der Waals surface area contributed by atoms with E-state index >= 15 is 0 Å². The summed E-state index contributed by atoms with van der Waals surface area (Å²) in [5.74, 6) is 0. The highest BCUT2D eigenvalue weighted by Gasteiger charge is 2.15. The number of nitrogens with zero attached hydrogens (tertiary/aromatic N) is 2. The molecule has 0 atom stereocenters. The van der Waals surface area contributed by atoms with E-state index in [4.69, 9.17) is 0 Å². The number of rotatable bonds is 1. The monoisotopic (exact) mass is 238 g/mol. The largest absolute Gasteiger partial charge is 0.339 e. The van der Waals surface area contributed by atoms with Crippen molar-refractivity contribution in [2.75, 3.05) is 14.1 Å². The highest BCUT2D eigenvalue weighted by molar-refractivity contribution is 8.13. The lowest BCUT2D eigenvalue weighted by Crippen LogP contribution is -2.16. The van der Waals surface area contributed by atoms with Crippen molar-refractivity contribution in [3.8, 4) is 0 Å². The zero-order valence-corrected chi connectivity index (χ0v) is 11.3. The molecule has 0 saturated carbocycles. The number of hydrogen-bond acceptors (Lipinski definition) is 3. The molecule has 0 bridgehead atoms. The number of pyridine rings is 1. The number of thioether (sulfide) groups is 1. The Hall–Kier alpha value is -1.03. The quantitative estimate of drug-likeness (QED) is 0.705. The Morgan fingerprint density at radius 1 is 1.38 bits per heavy atom. The molecule has 1 heterocycles. The van der Waals surface area contributed by atoms with Crippen molar-refractivity contribution in [1.29, 1.82) is 0 Å². The molecule has 1 rings (SSSR count). The summed E-state index contributed by atoms with van der Waals surface area (Å²) in [5.41, 5.74) is 1.27. The highest BCUT2D eigenvalue weighted by Crippen LogP contribution is 2.26. The van der Waals surface area contributed by atoms with Crippen molar-refractivity contribution in [3.05, 3.63) is 23.9 Å². The first kappa shape index (κ1) is 13.0.